The summed E-state index contributed by atoms with van der Waals surface area (Å²) in [6.07, 6.45) is 0.249. The third kappa shape index (κ3) is 4.91. The predicted octanol–water partition coefficient (Wildman–Crippen LogP) is 4.67. The molecule has 3 aromatic carbocycles. The molecule has 1 unspecified atom stereocenters. The summed E-state index contributed by atoms with van der Waals surface area (Å²) in [5, 5.41) is 4.22. The Hall–Kier alpha value is -3.67. The zero-order valence-electron chi connectivity index (χ0n) is 17.2. The number of carbonyl (C=O) groups is 1. The van der Waals surface area contributed by atoms with Gasteiger partial charge in [0, 0.05) is 13.0 Å². The van der Waals surface area contributed by atoms with E-state index in [0.29, 0.717) is 19.5 Å². The van der Waals surface area contributed by atoms with Crippen LogP contribution in [0.3, 0.4) is 0 Å². The molecule has 1 atom stereocenters. The van der Waals surface area contributed by atoms with Crippen LogP contribution in [-0.4, -0.2) is 36.3 Å². The van der Waals surface area contributed by atoms with Crippen LogP contribution in [0.2, 0.25) is 0 Å². The Kier molecular flexibility index (Phi) is 6.26. The van der Waals surface area contributed by atoms with Gasteiger partial charge in [0.25, 0.3) is 5.91 Å². The summed E-state index contributed by atoms with van der Waals surface area (Å²) < 4.78 is 19.5. The van der Waals surface area contributed by atoms with Gasteiger partial charge >= 0.3 is 0 Å². The van der Waals surface area contributed by atoms with E-state index in [4.69, 9.17) is 9.57 Å². The molecule has 1 aliphatic rings. The fourth-order valence-electron chi connectivity index (χ4n) is 3.55. The number of benzene rings is 3. The maximum Gasteiger partial charge on any atom is 0.257 e. The van der Waals surface area contributed by atoms with Crippen LogP contribution >= 0.6 is 0 Å². The lowest BCUT2D eigenvalue weighted by Crippen LogP contribution is -2.37. The number of rotatable bonds is 7. The average Bonchev–Trinajstić information content (AvgIpc) is 3.28. The first kappa shape index (κ1) is 20.6. The number of halogens is 1. The monoisotopic (exact) mass is 418 g/mol. The van der Waals surface area contributed by atoms with Crippen molar-refractivity contribution in [3.63, 3.8) is 0 Å². The highest BCUT2D eigenvalue weighted by Crippen LogP contribution is 2.22. The molecule has 1 amide bonds. The van der Waals surface area contributed by atoms with Crippen molar-refractivity contribution < 1.29 is 18.8 Å². The molecular weight excluding hydrogens is 395 g/mol. The molecule has 0 spiro atoms. The molecule has 0 bridgehead atoms. The van der Waals surface area contributed by atoms with Crippen LogP contribution < -0.4 is 4.74 Å². The summed E-state index contributed by atoms with van der Waals surface area (Å²) in [7, 11) is 1.62. The highest BCUT2D eigenvalue weighted by atomic mass is 19.1. The Labute approximate surface area is 180 Å². The van der Waals surface area contributed by atoms with Crippen LogP contribution in [0.25, 0.3) is 0 Å². The van der Waals surface area contributed by atoms with Crippen molar-refractivity contribution in [1.82, 2.24) is 4.90 Å². The normalized spacial score (nSPS) is 15.2. The smallest absolute Gasteiger partial charge is 0.257 e. The average molecular weight is 418 g/mol. The standard InChI is InChI=1S/C25H23FN2O3/c1-30-20-13-11-19(12-14-20)24-15-21(31-27-24)17-28(16-18-7-3-2-4-8-18)25(29)22-9-5-6-10-23(22)26/h2-14,21H,15-17H2,1H3. The summed E-state index contributed by atoms with van der Waals surface area (Å²) in [6, 6.07) is 23.3. The minimum absolute atomic E-state index is 0.0488. The first-order chi connectivity index (χ1) is 15.1. The molecule has 1 aliphatic heterocycles. The number of amides is 1. The number of methoxy groups -OCH3 is 1. The van der Waals surface area contributed by atoms with Crippen LogP contribution in [0.4, 0.5) is 4.39 Å². The molecule has 0 aromatic heterocycles. The van der Waals surface area contributed by atoms with Gasteiger partial charge in [0.1, 0.15) is 11.6 Å². The van der Waals surface area contributed by atoms with Crippen LogP contribution in [0, 0.1) is 5.82 Å². The maximum absolute atomic E-state index is 14.3. The van der Waals surface area contributed by atoms with Gasteiger partial charge in [0.05, 0.1) is 24.9 Å². The number of oxime groups is 1. The number of hydrogen-bond donors (Lipinski definition) is 0. The van der Waals surface area contributed by atoms with Gasteiger partial charge in [0.2, 0.25) is 0 Å². The van der Waals surface area contributed by atoms with Crippen LogP contribution in [0.1, 0.15) is 27.9 Å². The Morgan fingerprint density at radius 3 is 2.48 bits per heavy atom. The predicted molar refractivity (Wildman–Crippen MR) is 117 cm³/mol. The number of nitrogens with zero attached hydrogens (tertiary/aromatic N) is 2. The van der Waals surface area contributed by atoms with E-state index in [-0.39, 0.29) is 17.6 Å². The Balaban J connectivity index is 1.49. The minimum Gasteiger partial charge on any atom is -0.497 e. The fraction of sp³-hybridized carbons (Fsp3) is 0.200. The van der Waals surface area contributed by atoms with E-state index in [1.165, 1.54) is 12.1 Å². The molecule has 31 heavy (non-hydrogen) atoms. The summed E-state index contributed by atoms with van der Waals surface area (Å²) in [4.78, 5) is 20.4. The van der Waals surface area contributed by atoms with Gasteiger partial charge < -0.3 is 14.5 Å². The fourth-order valence-corrected chi connectivity index (χ4v) is 3.55. The number of ether oxygens (including phenoxy) is 1. The van der Waals surface area contributed by atoms with Crippen LogP contribution in [0.15, 0.2) is 84.0 Å². The molecule has 3 aromatic rings. The van der Waals surface area contributed by atoms with E-state index >= 15 is 0 Å². The molecule has 158 valence electrons. The highest BCUT2D eigenvalue weighted by molar-refractivity contribution is 6.01. The van der Waals surface area contributed by atoms with Crippen molar-refractivity contribution in [3.05, 3.63) is 101 Å². The molecule has 0 radical (unpaired) electrons. The first-order valence-corrected chi connectivity index (χ1v) is 10.1. The molecule has 0 saturated heterocycles. The molecule has 0 aliphatic carbocycles. The zero-order valence-corrected chi connectivity index (χ0v) is 17.2. The molecule has 4 rings (SSSR count). The number of hydrogen-bond acceptors (Lipinski definition) is 4. The zero-order chi connectivity index (χ0) is 21.6. The first-order valence-electron chi connectivity index (χ1n) is 10.1. The van der Waals surface area contributed by atoms with Gasteiger partial charge in [-0.3, -0.25) is 4.79 Å². The Morgan fingerprint density at radius 1 is 1.06 bits per heavy atom. The second-order valence-electron chi connectivity index (χ2n) is 7.35. The second kappa shape index (κ2) is 9.43. The lowest BCUT2D eigenvalue weighted by Gasteiger charge is -2.25. The molecule has 0 N–H and O–H groups in total. The SMILES string of the molecule is COc1ccc(C2=NOC(CN(Cc3ccccc3)C(=O)c3ccccc3F)C2)cc1. The van der Waals surface area contributed by atoms with Crippen LogP contribution in [-0.2, 0) is 11.4 Å². The minimum atomic E-state index is -0.534. The van der Waals surface area contributed by atoms with E-state index in [9.17, 15) is 9.18 Å². The quantitative estimate of drug-likeness (QED) is 0.560. The van der Waals surface area contributed by atoms with E-state index in [1.807, 2.05) is 54.6 Å². The lowest BCUT2D eigenvalue weighted by molar-refractivity contribution is 0.0402. The van der Waals surface area contributed by atoms with Crippen molar-refractivity contribution in [2.75, 3.05) is 13.7 Å². The lowest BCUT2D eigenvalue weighted by atomic mass is 10.0. The summed E-state index contributed by atoms with van der Waals surface area (Å²) >= 11 is 0. The maximum atomic E-state index is 14.3. The van der Waals surface area contributed by atoms with Crippen molar-refractivity contribution in [3.8, 4) is 5.75 Å². The van der Waals surface area contributed by atoms with Crippen LogP contribution in [0.5, 0.6) is 5.75 Å². The third-order valence-corrected chi connectivity index (χ3v) is 5.19. The van der Waals surface area contributed by atoms with E-state index in [2.05, 4.69) is 5.16 Å². The Bertz CT molecular complexity index is 1070. The third-order valence-electron chi connectivity index (χ3n) is 5.19. The second-order valence-corrected chi connectivity index (χ2v) is 7.35. The highest BCUT2D eigenvalue weighted by Gasteiger charge is 2.28. The summed E-state index contributed by atoms with van der Waals surface area (Å²) in [5.41, 5.74) is 2.76. The van der Waals surface area contributed by atoms with Gasteiger partial charge in [-0.1, -0.05) is 47.6 Å². The summed E-state index contributed by atoms with van der Waals surface area (Å²) in [5.74, 6) is -0.138. The van der Waals surface area contributed by atoms with Gasteiger partial charge in [-0.2, -0.15) is 0 Å². The summed E-state index contributed by atoms with van der Waals surface area (Å²) in [6.45, 7) is 0.650. The number of carbonyl (C=O) groups excluding carboxylic acids is 1. The van der Waals surface area contributed by atoms with Crippen molar-refractivity contribution in [2.24, 2.45) is 5.16 Å². The van der Waals surface area contributed by atoms with Gasteiger partial charge in [-0.15, -0.1) is 0 Å². The van der Waals surface area contributed by atoms with Crippen molar-refractivity contribution in [2.45, 2.75) is 19.1 Å². The topological polar surface area (TPSA) is 51.1 Å². The van der Waals surface area contributed by atoms with Crippen molar-refractivity contribution in [1.29, 1.82) is 0 Å². The molecule has 6 heteroatoms. The van der Waals surface area contributed by atoms with Gasteiger partial charge in [0.15, 0.2) is 6.10 Å². The van der Waals surface area contributed by atoms with Gasteiger partial charge in [-0.05, 0) is 47.5 Å². The molecule has 0 saturated carbocycles. The Morgan fingerprint density at radius 2 is 1.77 bits per heavy atom. The van der Waals surface area contributed by atoms with E-state index in [1.54, 1.807) is 24.1 Å². The van der Waals surface area contributed by atoms with Crippen molar-refractivity contribution >= 4 is 11.6 Å². The van der Waals surface area contributed by atoms with E-state index < -0.39 is 5.82 Å². The molecule has 1 heterocycles. The van der Waals surface area contributed by atoms with E-state index in [0.717, 1.165) is 22.6 Å². The molecular formula is C25H23FN2O3. The largest absolute Gasteiger partial charge is 0.497 e. The molecule has 5 nitrogen and oxygen atoms in total. The van der Waals surface area contributed by atoms with Gasteiger partial charge in [-0.25, -0.2) is 4.39 Å². The molecule has 0 fully saturated rings.